The van der Waals surface area contributed by atoms with E-state index < -0.39 is 5.54 Å². The molecular weight excluding hydrogens is 252 g/mol. The molecule has 0 radical (unpaired) electrons. The maximum atomic E-state index is 11.7. The first-order valence-electron chi connectivity index (χ1n) is 7.89. The highest BCUT2D eigenvalue weighted by Gasteiger charge is 2.31. The van der Waals surface area contributed by atoms with Gasteiger partial charge in [-0.25, -0.2) is 0 Å². The Morgan fingerprint density at radius 1 is 1.25 bits per heavy atom. The third kappa shape index (κ3) is 5.38. The largest absolute Gasteiger partial charge is 0.368 e. The minimum atomic E-state index is -0.584. The summed E-state index contributed by atoms with van der Waals surface area (Å²) in [5.74, 6) is -0.248. The Morgan fingerprint density at radius 3 is 2.25 bits per heavy atom. The van der Waals surface area contributed by atoms with Crippen molar-refractivity contribution < 1.29 is 4.79 Å². The minimum absolute atomic E-state index is 0.248. The van der Waals surface area contributed by atoms with Gasteiger partial charge in [-0.2, -0.15) is 0 Å². The summed E-state index contributed by atoms with van der Waals surface area (Å²) in [5, 5.41) is 3.31. The number of hydrogen-bond acceptors (Lipinski definition) is 4. The zero-order valence-corrected chi connectivity index (χ0v) is 13.6. The second kappa shape index (κ2) is 7.96. The zero-order chi connectivity index (χ0) is 15.2. The van der Waals surface area contributed by atoms with E-state index in [4.69, 9.17) is 5.73 Å². The third-order valence-electron chi connectivity index (χ3n) is 4.21. The van der Waals surface area contributed by atoms with Crippen LogP contribution in [0.4, 0.5) is 0 Å². The zero-order valence-electron chi connectivity index (χ0n) is 13.6. The lowest BCUT2D eigenvalue weighted by Crippen LogP contribution is -2.55. The van der Waals surface area contributed by atoms with E-state index in [1.165, 1.54) is 0 Å². The molecule has 1 amide bonds. The lowest BCUT2D eigenvalue weighted by atomic mass is 9.93. The van der Waals surface area contributed by atoms with Crippen molar-refractivity contribution in [1.29, 1.82) is 0 Å². The lowest BCUT2D eigenvalue weighted by molar-refractivity contribution is -0.124. The van der Waals surface area contributed by atoms with Crippen molar-refractivity contribution in [2.75, 3.05) is 39.3 Å². The standard InChI is InChI=1S/C15H32N4O/c1-5-18-9-11-19(12-10-18)8-6-7-15(4,14(16)20)17-13(2)3/h13,17H,5-12H2,1-4H3,(H2,16,20). The van der Waals surface area contributed by atoms with Gasteiger partial charge in [0.15, 0.2) is 0 Å². The van der Waals surface area contributed by atoms with Crippen LogP contribution in [0, 0.1) is 0 Å². The molecule has 1 rings (SSSR count). The average molecular weight is 284 g/mol. The fourth-order valence-corrected chi connectivity index (χ4v) is 2.89. The molecule has 20 heavy (non-hydrogen) atoms. The molecule has 0 aliphatic carbocycles. The second-order valence-corrected chi connectivity index (χ2v) is 6.37. The van der Waals surface area contributed by atoms with Crippen molar-refractivity contribution in [3.8, 4) is 0 Å². The molecule has 0 bridgehead atoms. The number of carbonyl (C=O) groups is 1. The van der Waals surface area contributed by atoms with Crippen molar-refractivity contribution in [1.82, 2.24) is 15.1 Å². The first kappa shape index (κ1) is 17.4. The van der Waals surface area contributed by atoms with Gasteiger partial charge >= 0.3 is 0 Å². The van der Waals surface area contributed by atoms with Gasteiger partial charge in [-0.3, -0.25) is 4.79 Å². The van der Waals surface area contributed by atoms with Crippen LogP contribution in [0.5, 0.6) is 0 Å². The Morgan fingerprint density at radius 2 is 1.80 bits per heavy atom. The molecule has 5 heteroatoms. The molecule has 1 atom stereocenters. The quantitative estimate of drug-likeness (QED) is 0.687. The Labute approximate surface area is 123 Å². The predicted molar refractivity (Wildman–Crippen MR) is 83.7 cm³/mol. The van der Waals surface area contributed by atoms with Crippen LogP contribution in [0.3, 0.4) is 0 Å². The van der Waals surface area contributed by atoms with Crippen molar-refractivity contribution in [3.05, 3.63) is 0 Å². The number of primary amides is 1. The van der Waals surface area contributed by atoms with E-state index in [-0.39, 0.29) is 11.9 Å². The highest BCUT2D eigenvalue weighted by atomic mass is 16.1. The number of hydrogen-bond donors (Lipinski definition) is 2. The smallest absolute Gasteiger partial charge is 0.237 e. The molecule has 0 aromatic carbocycles. The Kier molecular flexibility index (Phi) is 6.92. The van der Waals surface area contributed by atoms with Crippen LogP contribution >= 0.6 is 0 Å². The van der Waals surface area contributed by atoms with Crippen molar-refractivity contribution in [2.45, 2.75) is 52.1 Å². The average Bonchev–Trinajstić information content (AvgIpc) is 2.38. The first-order valence-corrected chi connectivity index (χ1v) is 7.89. The van der Waals surface area contributed by atoms with E-state index in [2.05, 4.69) is 22.0 Å². The van der Waals surface area contributed by atoms with Crippen molar-refractivity contribution in [3.63, 3.8) is 0 Å². The molecule has 1 aliphatic rings. The van der Waals surface area contributed by atoms with Crippen molar-refractivity contribution in [2.24, 2.45) is 5.73 Å². The molecule has 0 aromatic heterocycles. The minimum Gasteiger partial charge on any atom is -0.368 e. The summed E-state index contributed by atoms with van der Waals surface area (Å²) in [6, 6.07) is 0.264. The van der Waals surface area contributed by atoms with Crippen LogP contribution in [0.15, 0.2) is 0 Å². The normalized spacial score (nSPS) is 21.1. The highest BCUT2D eigenvalue weighted by Crippen LogP contribution is 2.14. The summed E-state index contributed by atoms with van der Waals surface area (Å²) in [6.07, 6.45) is 1.81. The number of nitrogens with two attached hydrogens (primary N) is 1. The summed E-state index contributed by atoms with van der Waals surface area (Å²) in [6.45, 7) is 15.0. The molecule has 5 nitrogen and oxygen atoms in total. The van der Waals surface area contributed by atoms with Crippen molar-refractivity contribution >= 4 is 5.91 Å². The van der Waals surface area contributed by atoms with Crippen LogP contribution in [0.25, 0.3) is 0 Å². The fourth-order valence-electron chi connectivity index (χ4n) is 2.89. The monoisotopic (exact) mass is 284 g/mol. The van der Waals surface area contributed by atoms with Gasteiger partial charge in [0.1, 0.15) is 0 Å². The molecular formula is C15H32N4O. The number of rotatable bonds is 8. The van der Waals surface area contributed by atoms with Crippen LogP contribution < -0.4 is 11.1 Å². The van der Waals surface area contributed by atoms with Gasteiger partial charge in [-0.1, -0.05) is 6.92 Å². The van der Waals surface area contributed by atoms with Crippen LogP contribution in [0.2, 0.25) is 0 Å². The molecule has 0 saturated carbocycles. The Balaban J connectivity index is 2.33. The van der Waals surface area contributed by atoms with Gasteiger partial charge in [-0.05, 0) is 46.7 Å². The molecule has 1 saturated heterocycles. The van der Waals surface area contributed by atoms with E-state index >= 15 is 0 Å². The molecule has 1 fully saturated rings. The second-order valence-electron chi connectivity index (χ2n) is 6.37. The summed E-state index contributed by atoms with van der Waals surface area (Å²) in [4.78, 5) is 16.6. The van der Waals surface area contributed by atoms with Gasteiger partial charge in [0.05, 0.1) is 5.54 Å². The van der Waals surface area contributed by atoms with Crippen LogP contribution in [0.1, 0.15) is 40.5 Å². The van der Waals surface area contributed by atoms with E-state index in [1.54, 1.807) is 0 Å². The van der Waals surface area contributed by atoms with Crippen LogP contribution in [-0.2, 0) is 4.79 Å². The van der Waals surface area contributed by atoms with E-state index in [9.17, 15) is 4.79 Å². The number of likely N-dealkylation sites (N-methyl/N-ethyl adjacent to an activating group) is 1. The maximum absolute atomic E-state index is 11.7. The van der Waals surface area contributed by atoms with Gasteiger partial charge < -0.3 is 20.9 Å². The van der Waals surface area contributed by atoms with Gasteiger partial charge in [0.2, 0.25) is 5.91 Å². The molecule has 0 spiro atoms. The molecule has 3 N–H and O–H groups in total. The molecule has 0 aromatic rings. The summed E-state index contributed by atoms with van der Waals surface area (Å²) < 4.78 is 0. The SMILES string of the molecule is CCN1CCN(CCCC(C)(NC(C)C)C(N)=O)CC1. The molecule has 1 aliphatic heterocycles. The lowest BCUT2D eigenvalue weighted by Gasteiger charge is -2.35. The number of nitrogens with zero attached hydrogens (tertiary/aromatic N) is 2. The highest BCUT2D eigenvalue weighted by molar-refractivity contribution is 5.84. The van der Waals surface area contributed by atoms with Gasteiger partial charge in [0, 0.05) is 32.2 Å². The maximum Gasteiger partial charge on any atom is 0.237 e. The molecule has 1 unspecified atom stereocenters. The first-order chi connectivity index (χ1) is 9.37. The third-order valence-corrected chi connectivity index (χ3v) is 4.21. The van der Waals surface area contributed by atoms with Gasteiger partial charge in [-0.15, -0.1) is 0 Å². The summed E-state index contributed by atoms with van der Waals surface area (Å²) >= 11 is 0. The summed E-state index contributed by atoms with van der Waals surface area (Å²) in [5.41, 5.74) is 4.97. The number of piperazine rings is 1. The van der Waals surface area contributed by atoms with Crippen LogP contribution in [-0.4, -0.2) is 66.6 Å². The molecule has 1 heterocycles. The number of amides is 1. The fraction of sp³-hybridized carbons (Fsp3) is 0.933. The van der Waals surface area contributed by atoms with E-state index in [0.29, 0.717) is 0 Å². The summed E-state index contributed by atoms with van der Waals surface area (Å²) in [7, 11) is 0. The number of carbonyl (C=O) groups excluding carboxylic acids is 1. The predicted octanol–water partition coefficient (Wildman–Crippen LogP) is 0.646. The Hall–Kier alpha value is -0.650. The number of nitrogens with one attached hydrogen (secondary N) is 1. The Bertz CT molecular complexity index is 300. The molecule has 118 valence electrons. The van der Waals surface area contributed by atoms with E-state index in [0.717, 1.165) is 52.1 Å². The topological polar surface area (TPSA) is 61.6 Å². The van der Waals surface area contributed by atoms with Gasteiger partial charge in [0.25, 0.3) is 0 Å². The van der Waals surface area contributed by atoms with E-state index in [1.807, 2.05) is 20.8 Å².